The molecule has 1 heterocycles. The number of aryl methyl sites for hydroxylation is 1. The molecule has 2 aliphatic rings. The first-order valence-electron chi connectivity index (χ1n) is 6.18. The summed E-state index contributed by atoms with van der Waals surface area (Å²) in [6.45, 7) is 1.84. The van der Waals surface area contributed by atoms with E-state index in [1.807, 2.05) is 18.7 Å². The van der Waals surface area contributed by atoms with Gasteiger partial charge in [0, 0.05) is 6.92 Å². The van der Waals surface area contributed by atoms with Crippen LogP contribution in [0.4, 0.5) is 0 Å². The Bertz CT molecular complexity index is 366. The first kappa shape index (κ1) is 10.6. The molecule has 1 aromatic heterocycles. The summed E-state index contributed by atoms with van der Waals surface area (Å²) in [5.41, 5.74) is 0. The zero-order valence-electron chi connectivity index (χ0n) is 9.69. The van der Waals surface area contributed by atoms with E-state index in [0.29, 0.717) is 5.89 Å². The highest BCUT2D eigenvalue weighted by molar-refractivity contribution is 7.98. The molecule has 0 spiro atoms. The van der Waals surface area contributed by atoms with E-state index in [1.165, 1.54) is 31.4 Å². The lowest BCUT2D eigenvalue weighted by Crippen LogP contribution is -2.12. The van der Waals surface area contributed by atoms with Crippen molar-refractivity contribution in [3.63, 3.8) is 0 Å². The Hall–Kier alpha value is -0.510. The highest BCUT2D eigenvalue weighted by Gasteiger charge is 2.38. The Kier molecular flexibility index (Phi) is 2.92. The van der Waals surface area contributed by atoms with Crippen LogP contribution in [-0.2, 0) is 5.75 Å². The Labute approximate surface area is 100 Å². The molecule has 3 rings (SSSR count). The summed E-state index contributed by atoms with van der Waals surface area (Å²) in [4.78, 5) is 0. The molecule has 1 aromatic rings. The summed E-state index contributed by atoms with van der Waals surface area (Å²) in [5, 5.41) is 7.87. The van der Waals surface area contributed by atoms with Gasteiger partial charge in [-0.3, -0.25) is 0 Å². The Balaban J connectivity index is 1.44. The zero-order chi connectivity index (χ0) is 11.0. The van der Waals surface area contributed by atoms with Gasteiger partial charge in [-0.15, -0.1) is 10.2 Å². The number of aromatic nitrogens is 2. The molecule has 0 amide bonds. The van der Waals surface area contributed by atoms with Gasteiger partial charge in [-0.2, -0.15) is 11.8 Å². The molecule has 2 fully saturated rings. The Morgan fingerprint density at radius 3 is 2.88 bits per heavy atom. The fraction of sp³-hybridized carbons (Fsp3) is 0.833. The fourth-order valence-corrected chi connectivity index (χ4v) is 4.39. The molecular weight excluding hydrogens is 220 g/mol. The molecule has 0 radical (unpaired) electrons. The third-order valence-corrected chi connectivity index (χ3v) is 5.12. The van der Waals surface area contributed by atoms with E-state index in [4.69, 9.17) is 4.42 Å². The van der Waals surface area contributed by atoms with Crippen LogP contribution in [0.5, 0.6) is 0 Å². The number of fused-ring (bicyclic) bond motifs is 2. The third-order valence-electron chi connectivity index (χ3n) is 4.01. The average Bonchev–Trinajstić information content (AvgIpc) is 2.94. The number of thioether (sulfide) groups is 1. The van der Waals surface area contributed by atoms with Crippen molar-refractivity contribution in [3.8, 4) is 0 Å². The second kappa shape index (κ2) is 4.40. The quantitative estimate of drug-likeness (QED) is 0.808. The third kappa shape index (κ3) is 2.12. The molecule has 16 heavy (non-hydrogen) atoms. The van der Waals surface area contributed by atoms with Gasteiger partial charge in [0.25, 0.3) is 0 Å². The van der Waals surface area contributed by atoms with E-state index in [-0.39, 0.29) is 0 Å². The first-order valence-corrected chi connectivity index (χ1v) is 7.33. The van der Waals surface area contributed by atoms with Crippen LogP contribution in [0.3, 0.4) is 0 Å². The van der Waals surface area contributed by atoms with Crippen LogP contribution in [0.1, 0.15) is 37.5 Å². The maximum atomic E-state index is 5.37. The van der Waals surface area contributed by atoms with Gasteiger partial charge in [-0.1, -0.05) is 6.42 Å². The van der Waals surface area contributed by atoms with Crippen molar-refractivity contribution in [3.05, 3.63) is 11.8 Å². The highest BCUT2D eigenvalue weighted by atomic mass is 32.2. The van der Waals surface area contributed by atoms with Crippen molar-refractivity contribution in [2.75, 3.05) is 5.75 Å². The van der Waals surface area contributed by atoms with Gasteiger partial charge in [0.05, 0.1) is 5.75 Å². The summed E-state index contributed by atoms with van der Waals surface area (Å²) < 4.78 is 5.37. The van der Waals surface area contributed by atoms with Gasteiger partial charge in [0.1, 0.15) is 0 Å². The Morgan fingerprint density at radius 1 is 1.31 bits per heavy atom. The summed E-state index contributed by atoms with van der Waals surface area (Å²) >= 11 is 1.96. The number of nitrogens with zero attached hydrogens (tertiary/aromatic N) is 2. The molecule has 0 aromatic carbocycles. The van der Waals surface area contributed by atoms with E-state index in [9.17, 15) is 0 Å². The van der Waals surface area contributed by atoms with Gasteiger partial charge < -0.3 is 4.42 Å². The van der Waals surface area contributed by atoms with E-state index in [0.717, 1.165) is 29.4 Å². The molecule has 2 bridgehead atoms. The van der Waals surface area contributed by atoms with Crippen molar-refractivity contribution in [2.45, 2.75) is 38.4 Å². The average molecular weight is 238 g/mol. The van der Waals surface area contributed by atoms with Crippen LogP contribution in [0.15, 0.2) is 4.42 Å². The van der Waals surface area contributed by atoms with Crippen molar-refractivity contribution in [2.24, 2.45) is 17.8 Å². The summed E-state index contributed by atoms with van der Waals surface area (Å²) in [5.74, 6) is 6.68. The Morgan fingerprint density at radius 2 is 2.25 bits per heavy atom. The maximum absolute atomic E-state index is 5.37. The monoisotopic (exact) mass is 238 g/mol. The van der Waals surface area contributed by atoms with Gasteiger partial charge in [0.2, 0.25) is 11.8 Å². The molecule has 0 aliphatic heterocycles. The van der Waals surface area contributed by atoms with E-state index in [2.05, 4.69) is 10.2 Å². The lowest BCUT2D eigenvalue weighted by molar-refractivity contribution is 0.365. The minimum atomic E-state index is 0.676. The van der Waals surface area contributed by atoms with Crippen LogP contribution < -0.4 is 0 Å². The summed E-state index contributed by atoms with van der Waals surface area (Å²) in [6.07, 6.45) is 5.95. The molecule has 4 heteroatoms. The van der Waals surface area contributed by atoms with Crippen LogP contribution in [0.25, 0.3) is 0 Å². The van der Waals surface area contributed by atoms with E-state index >= 15 is 0 Å². The van der Waals surface area contributed by atoms with Crippen molar-refractivity contribution in [1.82, 2.24) is 10.2 Å². The van der Waals surface area contributed by atoms with Crippen molar-refractivity contribution < 1.29 is 4.42 Å². The smallest absolute Gasteiger partial charge is 0.226 e. The topological polar surface area (TPSA) is 38.9 Å². The minimum absolute atomic E-state index is 0.676. The van der Waals surface area contributed by atoms with Gasteiger partial charge in [0.15, 0.2) is 0 Å². The fourth-order valence-electron chi connectivity index (χ4n) is 3.27. The molecule has 0 unspecified atom stereocenters. The van der Waals surface area contributed by atoms with Crippen LogP contribution in [0.2, 0.25) is 0 Å². The van der Waals surface area contributed by atoms with Crippen LogP contribution in [-0.4, -0.2) is 16.0 Å². The second-order valence-corrected chi connectivity index (χ2v) is 6.20. The standard InChI is InChI=1S/C12H18N2OS/c1-8-13-14-12(15-8)7-16-6-11-5-9-2-3-10(11)4-9/h9-11H,2-7H2,1H3/t9-,10-,11-/m0/s1. The number of hydrogen-bond donors (Lipinski definition) is 0. The highest BCUT2D eigenvalue weighted by Crippen LogP contribution is 2.49. The normalized spacial score (nSPS) is 32.4. The van der Waals surface area contributed by atoms with Crippen molar-refractivity contribution >= 4 is 11.8 Å². The molecule has 0 N–H and O–H groups in total. The molecule has 0 saturated heterocycles. The number of hydrogen-bond acceptors (Lipinski definition) is 4. The molecular formula is C12H18N2OS. The maximum Gasteiger partial charge on any atom is 0.226 e. The molecule has 2 aliphatic carbocycles. The summed E-state index contributed by atoms with van der Waals surface area (Å²) in [6, 6.07) is 0. The van der Waals surface area contributed by atoms with Gasteiger partial charge in [-0.05, 0) is 42.8 Å². The van der Waals surface area contributed by atoms with E-state index < -0.39 is 0 Å². The lowest BCUT2D eigenvalue weighted by Gasteiger charge is -2.20. The summed E-state index contributed by atoms with van der Waals surface area (Å²) in [7, 11) is 0. The van der Waals surface area contributed by atoms with E-state index in [1.54, 1.807) is 0 Å². The predicted molar refractivity (Wildman–Crippen MR) is 64.1 cm³/mol. The van der Waals surface area contributed by atoms with Crippen LogP contribution in [0, 0.1) is 24.7 Å². The largest absolute Gasteiger partial charge is 0.425 e. The van der Waals surface area contributed by atoms with Gasteiger partial charge in [-0.25, -0.2) is 0 Å². The molecule has 2 saturated carbocycles. The molecule has 88 valence electrons. The second-order valence-electron chi connectivity index (χ2n) is 5.16. The van der Waals surface area contributed by atoms with Crippen LogP contribution >= 0.6 is 11.8 Å². The minimum Gasteiger partial charge on any atom is -0.425 e. The SMILES string of the molecule is Cc1nnc(CSC[C@@H]2C[C@H]3CC[C@H]2C3)o1. The lowest BCUT2D eigenvalue weighted by atomic mass is 9.90. The zero-order valence-corrected chi connectivity index (χ0v) is 10.5. The predicted octanol–water partition coefficient (Wildman–Crippen LogP) is 3.05. The first-order chi connectivity index (χ1) is 7.81. The van der Waals surface area contributed by atoms with Crippen molar-refractivity contribution in [1.29, 1.82) is 0 Å². The number of rotatable bonds is 4. The molecule has 3 atom stereocenters. The molecule has 3 nitrogen and oxygen atoms in total. The van der Waals surface area contributed by atoms with Gasteiger partial charge >= 0.3 is 0 Å².